The van der Waals surface area contributed by atoms with Gasteiger partial charge in [0.05, 0.1) is 12.6 Å². The maximum Gasteiger partial charge on any atom is 0.242 e. The fourth-order valence-electron chi connectivity index (χ4n) is 1.97. The molecular formula is C12H13N3O. The number of rotatable bonds is 2. The molecule has 1 N–H and O–H groups in total. The molecule has 1 fully saturated rings. The number of nitrogens with zero attached hydrogens (tertiary/aromatic N) is 2. The van der Waals surface area contributed by atoms with Crippen molar-refractivity contribution < 1.29 is 4.79 Å². The fraction of sp³-hybridized carbons (Fsp3) is 0.333. The SMILES string of the molecule is N#CCN1CCNC(=O)C1c1ccccc1. The van der Waals surface area contributed by atoms with Gasteiger partial charge in [-0.15, -0.1) is 0 Å². The van der Waals surface area contributed by atoms with Gasteiger partial charge in [0.2, 0.25) is 5.91 Å². The molecular weight excluding hydrogens is 202 g/mol. The standard InChI is InChI=1S/C12H13N3O/c13-6-8-15-9-7-14-12(16)11(15)10-4-2-1-3-5-10/h1-5,11H,7-9H2,(H,14,16). The Morgan fingerprint density at radius 1 is 1.44 bits per heavy atom. The topological polar surface area (TPSA) is 56.1 Å². The smallest absolute Gasteiger partial charge is 0.242 e. The van der Waals surface area contributed by atoms with E-state index in [2.05, 4.69) is 11.4 Å². The van der Waals surface area contributed by atoms with Gasteiger partial charge in [0, 0.05) is 13.1 Å². The molecule has 0 bridgehead atoms. The van der Waals surface area contributed by atoms with Crippen LogP contribution < -0.4 is 5.32 Å². The molecule has 0 aromatic heterocycles. The maximum atomic E-state index is 11.8. The van der Waals surface area contributed by atoms with Gasteiger partial charge in [-0.1, -0.05) is 30.3 Å². The number of carbonyl (C=O) groups is 1. The van der Waals surface area contributed by atoms with Crippen molar-refractivity contribution in [2.24, 2.45) is 0 Å². The molecule has 4 heteroatoms. The second-order valence-electron chi connectivity index (χ2n) is 3.73. The zero-order valence-electron chi connectivity index (χ0n) is 8.89. The third kappa shape index (κ3) is 2.05. The number of nitriles is 1. The molecule has 1 unspecified atom stereocenters. The van der Waals surface area contributed by atoms with Gasteiger partial charge in [0.15, 0.2) is 0 Å². The van der Waals surface area contributed by atoms with E-state index in [0.29, 0.717) is 6.54 Å². The minimum Gasteiger partial charge on any atom is -0.353 e. The molecule has 16 heavy (non-hydrogen) atoms. The molecule has 1 aromatic rings. The normalized spacial score (nSPS) is 21.2. The van der Waals surface area contributed by atoms with E-state index in [1.54, 1.807) is 0 Å². The first kappa shape index (κ1) is 10.7. The highest BCUT2D eigenvalue weighted by Gasteiger charge is 2.30. The van der Waals surface area contributed by atoms with Crippen LogP contribution >= 0.6 is 0 Å². The third-order valence-electron chi connectivity index (χ3n) is 2.70. The predicted octanol–water partition coefficient (Wildman–Crippen LogP) is 0.683. The molecule has 1 aromatic carbocycles. The van der Waals surface area contributed by atoms with E-state index in [9.17, 15) is 4.79 Å². The van der Waals surface area contributed by atoms with E-state index in [1.807, 2.05) is 35.2 Å². The van der Waals surface area contributed by atoms with Crippen LogP contribution in [0.25, 0.3) is 0 Å². The number of hydrogen-bond donors (Lipinski definition) is 1. The summed E-state index contributed by atoms with van der Waals surface area (Å²) in [5.41, 5.74) is 0.940. The summed E-state index contributed by atoms with van der Waals surface area (Å²) in [6, 6.07) is 11.3. The Bertz CT molecular complexity index is 410. The van der Waals surface area contributed by atoms with Crippen LogP contribution in [-0.4, -0.2) is 30.4 Å². The molecule has 4 nitrogen and oxygen atoms in total. The summed E-state index contributed by atoms with van der Waals surface area (Å²) < 4.78 is 0. The fourth-order valence-corrected chi connectivity index (χ4v) is 1.97. The van der Waals surface area contributed by atoms with Crippen LogP contribution in [0.15, 0.2) is 30.3 Å². The van der Waals surface area contributed by atoms with Gasteiger partial charge >= 0.3 is 0 Å². The summed E-state index contributed by atoms with van der Waals surface area (Å²) in [6.45, 7) is 1.62. The summed E-state index contributed by atoms with van der Waals surface area (Å²) in [7, 11) is 0. The lowest BCUT2D eigenvalue weighted by atomic mass is 10.0. The van der Waals surface area contributed by atoms with Gasteiger partial charge in [-0.25, -0.2) is 0 Å². The van der Waals surface area contributed by atoms with E-state index in [4.69, 9.17) is 5.26 Å². The number of piperazine rings is 1. The molecule has 1 amide bonds. The zero-order chi connectivity index (χ0) is 11.4. The van der Waals surface area contributed by atoms with E-state index in [1.165, 1.54) is 0 Å². The maximum absolute atomic E-state index is 11.8. The Hall–Kier alpha value is -1.86. The van der Waals surface area contributed by atoms with E-state index in [-0.39, 0.29) is 18.5 Å². The van der Waals surface area contributed by atoms with Gasteiger partial charge < -0.3 is 5.32 Å². The Labute approximate surface area is 94.5 Å². The number of hydrogen-bond acceptors (Lipinski definition) is 3. The number of benzene rings is 1. The van der Waals surface area contributed by atoms with Crippen molar-refractivity contribution in [1.82, 2.24) is 10.2 Å². The number of amides is 1. The van der Waals surface area contributed by atoms with Gasteiger partial charge in [-0.3, -0.25) is 9.69 Å². The van der Waals surface area contributed by atoms with Crippen molar-refractivity contribution in [2.75, 3.05) is 19.6 Å². The lowest BCUT2D eigenvalue weighted by Crippen LogP contribution is -2.49. The number of carbonyl (C=O) groups excluding carboxylic acids is 1. The van der Waals surface area contributed by atoms with Crippen molar-refractivity contribution in [3.8, 4) is 6.07 Å². The van der Waals surface area contributed by atoms with Crippen molar-refractivity contribution in [3.05, 3.63) is 35.9 Å². The second-order valence-corrected chi connectivity index (χ2v) is 3.73. The van der Waals surface area contributed by atoms with E-state index in [0.717, 1.165) is 12.1 Å². The summed E-state index contributed by atoms with van der Waals surface area (Å²) in [5.74, 6) is -0.0206. The highest BCUT2D eigenvalue weighted by Crippen LogP contribution is 2.22. The molecule has 1 aliphatic rings. The monoisotopic (exact) mass is 215 g/mol. The van der Waals surface area contributed by atoms with Gasteiger partial charge in [-0.2, -0.15) is 5.26 Å². The first-order chi connectivity index (χ1) is 7.83. The van der Waals surface area contributed by atoms with E-state index >= 15 is 0 Å². The predicted molar refractivity (Wildman–Crippen MR) is 59.4 cm³/mol. The second kappa shape index (κ2) is 4.77. The average molecular weight is 215 g/mol. The molecule has 0 aliphatic carbocycles. The minimum absolute atomic E-state index is 0.0206. The molecule has 1 heterocycles. The van der Waals surface area contributed by atoms with Crippen molar-refractivity contribution in [1.29, 1.82) is 5.26 Å². The summed E-state index contributed by atoms with van der Waals surface area (Å²) in [5, 5.41) is 11.6. The minimum atomic E-state index is -0.324. The Morgan fingerprint density at radius 2 is 2.19 bits per heavy atom. The van der Waals surface area contributed by atoms with Crippen molar-refractivity contribution in [2.45, 2.75) is 6.04 Å². The molecule has 0 radical (unpaired) electrons. The molecule has 1 aliphatic heterocycles. The van der Waals surface area contributed by atoms with Crippen LogP contribution in [0.2, 0.25) is 0 Å². The molecule has 1 saturated heterocycles. The number of nitrogens with one attached hydrogen (secondary N) is 1. The van der Waals surface area contributed by atoms with E-state index < -0.39 is 0 Å². The van der Waals surface area contributed by atoms with Crippen LogP contribution in [0.3, 0.4) is 0 Å². The summed E-state index contributed by atoms with van der Waals surface area (Å²) in [4.78, 5) is 13.7. The van der Waals surface area contributed by atoms with Gasteiger partial charge in [0.1, 0.15) is 6.04 Å². The first-order valence-electron chi connectivity index (χ1n) is 5.26. The molecule has 2 rings (SSSR count). The van der Waals surface area contributed by atoms with Crippen LogP contribution in [0.5, 0.6) is 0 Å². The summed E-state index contributed by atoms with van der Waals surface area (Å²) >= 11 is 0. The van der Waals surface area contributed by atoms with Crippen LogP contribution in [0, 0.1) is 11.3 Å². The zero-order valence-corrected chi connectivity index (χ0v) is 8.89. The Kier molecular flexibility index (Phi) is 3.18. The third-order valence-corrected chi connectivity index (χ3v) is 2.70. The summed E-state index contributed by atoms with van der Waals surface area (Å²) in [6.07, 6.45) is 0. The first-order valence-corrected chi connectivity index (χ1v) is 5.26. The van der Waals surface area contributed by atoms with Crippen LogP contribution in [0.1, 0.15) is 11.6 Å². The molecule has 82 valence electrons. The highest BCUT2D eigenvalue weighted by molar-refractivity contribution is 5.83. The van der Waals surface area contributed by atoms with Gasteiger partial charge in [0.25, 0.3) is 0 Å². The molecule has 1 atom stereocenters. The largest absolute Gasteiger partial charge is 0.353 e. The van der Waals surface area contributed by atoms with Crippen molar-refractivity contribution in [3.63, 3.8) is 0 Å². The van der Waals surface area contributed by atoms with Gasteiger partial charge in [-0.05, 0) is 5.56 Å². The average Bonchev–Trinajstić information content (AvgIpc) is 2.31. The highest BCUT2D eigenvalue weighted by atomic mass is 16.2. The lowest BCUT2D eigenvalue weighted by Gasteiger charge is -2.33. The van der Waals surface area contributed by atoms with Crippen LogP contribution in [0.4, 0.5) is 0 Å². The molecule has 0 spiro atoms. The molecule has 0 saturated carbocycles. The quantitative estimate of drug-likeness (QED) is 0.738. The van der Waals surface area contributed by atoms with Crippen LogP contribution in [-0.2, 0) is 4.79 Å². The van der Waals surface area contributed by atoms with Crippen molar-refractivity contribution >= 4 is 5.91 Å². The Morgan fingerprint density at radius 3 is 2.88 bits per heavy atom. The lowest BCUT2D eigenvalue weighted by molar-refractivity contribution is -0.128. The Balaban J connectivity index is 2.27.